The number of aromatic amines is 1. The monoisotopic (exact) mass is 351 g/mol. The first-order chi connectivity index (χ1) is 12.4. The van der Waals surface area contributed by atoms with Crippen molar-refractivity contribution in [1.29, 1.82) is 0 Å². The van der Waals surface area contributed by atoms with E-state index in [2.05, 4.69) is 20.4 Å². The number of nitrogens with one attached hydrogen (secondary N) is 2. The lowest BCUT2D eigenvalue weighted by atomic mass is 10.1. The molecule has 26 heavy (non-hydrogen) atoms. The van der Waals surface area contributed by atoms with Crippen molar-refractivity contribution in [1.82, 2.24) is 19.7 Å². The maximum Gasteiger partial charge on any atom is 0.256 e. The summed E-state index contributed by atoms with van der Waals surface area (Å²) in [7, 11) is 0. The third-order valence-corrected chi connectivity index (χ3v) is 3.90. The number of amides is 1. The van der Waals surface area contributed by atoms with Crippen molar-refractivity contribution >= 4 is 11.7 Å². The van der Waals surface area contributed by atoms with Gasteiger partial charge < -0.3 is 5.32 Å². The number of carbonyl (C=O) groups is 1. The fourth-order valence-electron chi connectivity index (χ4n) is 2.82. The van der Waals surface area contributed by atoms with Gasteiger partial charge in [-0.05, 0) is 39.3 Å². The molecule has 0 radical (unpaired) electrons. The van der Waals surface area contributed by atoms with Gasteiger partial charge in [-0.1, -0.05) is 24.1 Å². The van der Waals surface area contributed by atoms with Crippen LogP contribution in [-0.4, -0.2) is 25.7 Å². The second-order valence-electron chi connectivity index (χ2n) is 6.33. The van der Waals surface area contributed by atoms with E-state index in [1.807, 2.05) is 45.9 Å². The number of rotatable bonds is 4. The van der Waals surface area contributed by atoms with Crippen LogP contribution >= 0.6 is 0 Å². The van der Waals surface area contributed by atoms with E-state index in [0.29, 0.717) is 29.2 Å². The first-order valence-corrected chi connectivity index (χ1v) is 8.42. The minimum absolute atomic E-state index is 0.244. The molecule has 7 heteroatoms. The topological polar surface area (TPSA) is 92.7 Å². The number of benzene rings is 1. The third kappa shape index (κ3) is 3.72. The SMILES string of the molecule is CCc1cc(=O)[nH]c(-n2nc(C)cc2NC(=O)c2cc(C)cc(C)c2)n1. The maximum atomic E-state index is 12.7. The average Bonchev–Trinajstić information content (AvgIpc) is 2.93. The Morgan fingerprint density at radius 2 is 1.81 bits per heavy atom. The highest BCUT2D eigenvalue weighted by molar-refractivity contribution is 6.04. The number of hydrogen-bond donors (Lipinski definition) is 2. The molecule has 7 nitrogen and oxygen atoms in total. The summed E-state index contributed by atoms with van der Waals surface area (Å²) in [6, 6.07) is 8.85. The van der Waals surface area contributed by atoms with Crippen LogP contribution in [0, 0.1) is 20.8 Å². The second kappa shape index (κ2) is 6.95. The molecular weight excluding hydrogens is 330 g/mol. The van der Waals surface area contributed by atoms with E-state index < -0.39 is 0 Å². The zero-order chi connectivity index (χ0) is 18.8. The molecule has 0 fully saturated rings. The van der Waals surface area contributed by atoms with Crippen LogP contribution in [0.25, 0.3) is 5.95 Å². The van der Waals surface area contributed by atoms with Crippen LogP contribution in [0.15, 0.2) is 35.1 Å². The molecular formula is C19H21N5O2. The summed E-state index contributed by atoms with van der Waals surface area (Å²) < 4.78 is 1.44. The summed E-state index contributed by atoms with van der Waals surface area (Å²) in [5, 5.41) is 7.21. The molecule has 2 heterocycles. The minimum atomic E-state index is -0.258. The molecule has 3 aromatic rings. The van der Waals surface area contributed by atoms with E-state index in [9.17, 15) is 9.59 Å². The van der Waals surface area contributed by atoms with Gasteiger partial charge in [-0.2, -0.15) is 9.78 Å². The van der Waals surface area contributed by atoms with Crippen molar-refractivity contribution in [2.24, 2.45) is 0 Å². The fourth-order valence-corrected chi connectivity index (χ4v) is 2.82. The van der Waals surface area contributed by atoms with Crippen molar-refractivity contribution in [2.75, 3.05) is 5.32 Å². The van der Waals surface area contributed by atoms with Gasteiger partial charge in [-0.3, -0.25) is 14.6 Å². The van der Waals surface area contributed by atoms with Gasteiger partial charge >= 0.3 is 0 Å². The van der Waals surface area contributed by atoms with Crippen LogP contribution in [0.3, 0.4) is 0 Å². The Balaban J connectivity index is 1.98. The van der Waals surface area contributed by atoms with Gasteiger partial charge in [0.1, 0.15) is 5.82 Å². The first-order valence-electron chi connectivity index (χ1n) is 8.42. The largest absolute Gasteiger partial charge is 0.306 e. The van der Waals surface area contributed by atoms with Crippen molar-refractivity contribution in [3.8, 4) is 5.95 Å². The van der Waals surface area contributed by atoms with Crippen LogP contribution in [0.5, 0.6) is 0 Å². The minimum Gasteiger partial charge on any atom is -0.306 e. The van der Waals surface area contributed by atoms with Crippen LogP contribution in [-0.2, 0) is 6.42 Å². The molecule has 2 N–H and O–H groups in total. The van der Waals surface area contributed by atoms with Crippen LogP contribution in [0.2, 0.25) is 0 Å². The first kappa shape index (κ1) is 17.6. The van der Waals surface area contributed by atoms with E-state index in [-0.39, 0.29) is 17.4 Å². The summed E-state index contributed by atoms with van der Waals surface area (Å²) in [6.45, 7) is 7.62. The second-order valence-corrected chi connectivity index (χ2v) is 6.33. The molecule has 0 saturated carbocycles. The summed E-state index contributed by atoms with van der Waals surface area (Å²) >= 11 is 0. The van der Waals surface area contributed by atoms with Crippen molar-refractivity contribution in [3.63, 3.8) is 0 Å². The number of hydrogen-bond acceptors (Lipinski definition) is 4. The van der Waals surface area contributed by atoms with Crippen molar-refractivity contribution in [3.05, 3.63) is 68.8 Å². The molecule has 0 spiro atoms. The molecule has 1 amide bonds. The maximum absolute atomic E-state index is 12.7. The van der Waals surface area contributed by atoms with E-state index >= 15 is 0 Å². The summed E-state index contributed by atoms with van der Waals surface area (Å²) in [5.41, 5.74) is 3.69. The van der Waals surface area contributed by atoms with E-state index in [4.69, 9.17) is 0 Å². The van der Waals surface area contributed by atoms with E-state index in [0.717, 1.165) is 11.1 Å². The van der Waals surface area contributed by atoms with E-state index in [1.54, 1.807) is 6.07 Å². The Labute approximate surface area is 151 Å². The molecule has 1 aromatic carbocycles. The Morgan fingerprint density at radius 1 is 1.12 bits per heavy atom. The van der Waals surface area contributed by atoms with Gasteiger partial charge in [-0.15, -0.1) is 0 Å². The molecule has 134 valence electrons. The predicted molar refractivity (Wildman–Crippen MR) is 100.0 cm³/mol. The molecule has 0 unspecified atom stereocenters. The fraction of sp³-hybridized carbons (Fsp3) is 0.263. The zero-order valence-electron chi connectivity index (χ0n) is 15.3. The normalized spacial score (nSPS) is 10.8. The van der Waals surface area contributed by atoms with Gasteiger partial charge in [0, 0.05) is 23.4 Å². The van der Waals surface area contributed by atoms with Crippen LogP contribution in [0.4, 0.5) is 5.82 Å². The lowest BCUT2D eigenvalue weighted by Gasteiger charge is -2.10. The molecule has 3 rings (SSSR count). The van der Waals surface area contributed by atoms with Gasteiger partial charge in [0.25, 0.3) is 11.5 Å². The number of aromatic nitrogens is 4. The van der Waals surface area contributed by atoms with Gasteiger partial charge in [0.15, 0.2) is 0 Å². The lowest BCUT2D eigenvalue weighted by molar-refractivity contribution is 0.102. The smallest absolute Gasteiger partial charge is 0.256 e. The lowest BCUT2D eigenvalue weighted by Crippen LogP contribution is -2.19. The molecule has 0 bridgehead atoms. The third-order valence-electron chi connectivity index (χ3n) is 3.90. The molecule has 0 saturated heterocycles. The zero-order valence-corrected chi connectivity index (χ0v) is 15.3. The van der Waals surface area contributed by atoms with Gasteiger partial charge in [0.2, 0.25) is 5.95 Å². The molecule has 0 atom stereocenters. The molecule has 0 aliphatic heterocycles. The summed E-state index contributed by atoms with van der Waals surface area (Å²) in [5.74, 6) is 0.480. The summed E-state index contributed by atoms with van der Waals surface area (Å²) in [4.78, 5) is 31.6. The Morgan fingerprint density at radius 3 is 2.46 bits per heavy atom. The highest BCUT2D eigenvalue weighted by Crippen LogP contribution is 2.16. The number of carbonyl (C=O) groups excluding carboxylic acids is 1. The quantitative estimate of drug-likeness (QED) is 0.756. The van der Waals surface area contributed by atoms with Crippen molar-refractivity contribution in [2.45, 2.75) is 34.1 Å². The highest BCUT2D eigenvalue weighted by atomic mass is 16.1. The highest BCUT2D eigenvalue weighted by Gasteiger charge is 2.15. The predicted octanol–water partition coefficient (Wildman–Crippen LogP) is 2.70. The number of H-pyrrole nitrogens is 1. The van der Waals surface area contributed by atoms with Crippen molar-refractivity contribution < 1.29 is 4.79 Å². The summed E-state index contributed by atoms with van der Waals surface area (Å²) in [6.07, 6.45) is 0.626. The average molecular weight is 351 g/mol. The Hall–Kier alpha value is -3.22. The molecule has 2 aromatic heterocycles. The molecule has 0 aliphatic rings. The molecule has 0 aliphatic carbocycles. The standard InChI is InChI=1S/C19H21N5O2/c1-5-15-10-17(25)22-19(20-15)24-16(9-13(4)23-24)21-18(26)14-7-11(2)6-12(3)8-14/h6-10H,5H2,1-4H3,(H,21,26)(H,20,22,25). The van der Waals surface area contributed by atoms with Gasteiger partial charge in [-0.25, -0.2) is 4.98 Å². The number of anilines is 1. The number of aryl methyl sites for hydroxylation is 4. The Bertz CT molecular complexity index is 1010. The van der Waals surface area contributed by atoms with Crippen LogP contribution in [0.1, 0.15) is 39.8 Å². The van der Waals surface area contributed by atoms with Gasteiger partial charge in [0.05, 0.1) is 5.69 Å². The Kier molecular flexibility index (Phi) is 4.71. The number of nitrogens with zero attached hydrogens (tertiary/aromatic N) is 3. The van der Waals surface area contributed by atoms with Crippen LogP contribution < -0.4 is 10.9 Å². The van der Waals surface area contributed by atoms with E-state index in [1.165, 1.54) is 10.7 Å².